The molecular formula is C11H11BrO5S. The molecule has 0 aromatic heterocycles. The van der Waals surface area contributed by atoms with Crippen molar-refractivity contribution in [1.29, 1.82) is 0 Å². The van der Waals surface area contributed by atoms with Crippen LogP contribution >= 0.6 is 15.9 Å². The second kappa shape index (κ2) is 5.62. The summed E-state index contributed by atoms with van der Waals surface area (Å²) >= 11 is 3.06. The van der Waals surface area contributed by atoms with Crippen molar-refractivity contribution in [1.82, 2.24) is 0 Å². The monoisotopic (exact) mass is 334 g/mol. The fourth-order valence-electron chi connectivity index (χ4n) is 1.26. The number of rotatable bonds is 4. The third-order valence-corrected chi connectivity index (χ3v) is 4.13. The Morgan fingerprint density at radius 2 is 1.94 bits per heavy atom. The molecule has 0 spiro atoms. The molecule has 98 valence electrons. The van der Waals surface area contributed by atoms with Gasteiger partial charge >= 0.3 is 5.97 Å². The summed E-state index contributed by atoms with van der Waals surface area (Å²) in [6.07, 6.45) is 1.06. The van der Waals surface area contributed by atoms with Crippen LogP contribution in [0.1, 0.15) is 17.3 Å². The Hall–Kier alpha value is -1.21. The van der Waals surface area contributed by atoms with Gasteiger partial charge in [-0.1, -0.05) is 0 Å². The maximum atomic E-state index is 11.6. The minimum atomic E-state index is -3.38. The van der Waals surface area contributed by atoms with Crippen molar-refractivity contribution < 1.29 is 22.7 Å². The van der Waals surface area contributed by atoms with Crippen LogP contribution in [0, 0.1) is 0 Å². The van der Waals surface area contributed by atoms with E-state index in [4.69, 9.17) is 0 Å². The molecular weight excluding hydrogens is 324 g/mol. The Labute approximate surface area is 113 Å². The molecule has 0 heterocycles. The van der Waals surface area contributed by atoms with Gasteiger partial charge in [0.2, 0.25) is 0 Å². The average molecular weight is 335 g/mol. The van der Waals surface area contributed by atoms with E-state index in [1.165, 1.54) is 18.2 Å². The van der Waals surface area contributed by atoms with Gasteiger partial charge in [0.15, 0.2) is 9.84 Å². The molecule has 0 aliphatic heterocycles. The van der Waals surface area contributed by atoms with Gasteiger partial charge in [-0.15, -0.1) is 0 Å². The van der Waals surface area contributed by atoms with Crippen LogP contribution < -0.4 is 0 Å². The van der Waals surface area contributed by atoms with Gasteiger partial charge in [0, 0.05) is 16.3 Å². The summed E-state index contributed by atoms with van der Waals surface area (Å²) in [6.45, 7) is 1.70. The number of benzene rings is 1. The number of halogens is 1. The second-order valence-electron chi connectivity index (χ2n) is 3.47. The first kappa shape index (κ1) is 14.8. The first-order valence-corrected chi connectivity index (χ1v) is 7.67. The Balaban J connectivity index is 3.13. The number of esters is 1. The maximum absolute atomic E-state index is 11.6. The minimum Gasteiger partial charge on any atom is -0.460 e. The molecule has 0 atom stereocenters. The molecule has 1 aromatic carbocycles. The SMILES string of the molecule is CCOC(=O)C(=O)c1ccc(S(C)(=O)=O)c(Br)c1. The Morgan fingerprint density at radius 1 is 1.33 bits per heavy atom. The van der Waals surface area contributed by atoms with Crippen molar-refractivity contribution in [2.75, 3.05) is 12.9 Å². The molecule has 1 aromatic rings. The lowest BCUT2D eigenvalue weighted by atomic mass is 10.1. The summed E-state index contributed by atoms with van der Waals surface area (Å²) in [7, 11) is -3.38. The van der Waals surface area contributed by atoms with E-state index in [0.29, 0.717) is 0 Å². The van der Waals surface area contributed by atoms with Gasteiger partial charge in [0.25, 0.3) is 5.78 Å². The fraction of sp³-hybridized carbons (Fsp3) is 0.273. The van der Waals surface area contributed by atoms with Crippen LogP contribution in [-0.4, -0.2) is 33.0 Å². The number of carbonyl (C=O) groups is 2. The number of carbonyl (C=O) groups excluding carboxylic acids is 2. The van der Waals surface area contributed by atoms with Crippen molar-refractivity contribution in [2.24, 2.45) is 0 Å². The van der Waals surface area contributed by atoms with E-state index in [2.05, 4.69) is 20.7 Å². The predicted octanol–water partition coefficient (Wildman–Crippen LogP) is 1.60. The van der Waals surface area contributed by atoms with Gasteiger partial charge in [-0.2, -0.15) is 0 Å². The molecule has 0 aliphatic rings. The molecule has 0 aliphatic carbocycles. The van der Waals surface area contributed by atoms with Gasteiger partial charge in [0.1, 0.15) is 0 Å². The number of Topliss-reactive ketones (excluding diaryl/α,β-unsaturated/α-hetero) is 1. The number of hydrogen-bond acceptors (Lipinski definition) is 5. The highest BCUT2D eigenvalue weighted by Crippen LogP contribution is 2.23. The van der Waals surface area contributed by atoms with Crippen LogP contribution in [0.2, 0.25) is 0 Å². The normalized spacial score (nSPS) is 11.1. The van der Waals surface area contributed by atoms with Gasteiger partial charge in [-0.05, 0) is 41.1 Å². The van der Waals surface area contributed by atoms with E-state index >= 15 is 0 Å². The van der Waals surface area contributed by atoms with Crippen LogP contribution in [0.15, 0.2) is 27.6 Å². The standard InChI is InChI=1S/C11H11BrO5S/c1-3-17-11(14)10(13)7-4-5-9(8(12)6-7)18(2,15)16/h4-6H,3H2,1-2H3. The van der Waals surface area contributed by atoms with E-state index in [1.807, 2.05) is 0 Å². The third kappa shape index (κ3) is 3.39. The first-order chi connectivity index (χ1) is 8.27. The van der Waals surface area contributed by atoms with Crippen LogP contribution in [0.25, 0.3) is 0 Å². The molecule has 0 amide bonds. The molecule has 0 N–H and O–H groups in total. The smallest absolute Gasteiger partial charge is 0.379 e. The number of ketones is 1. The van der Waals surface area contributed by atoms with Crippen molar-refractivity contribution in [3.63, 3.8) is 0 Å². The molecule has 0 radical (unpaired) electrons. The molecule has 18 heavy (non-hydrogen) atoms. The minimum absolute atomic E-state index is 0.0582. The highest BCUT2D eigenvalue weighted by Gasteiger charge is 2.20. The molecule has 7 heteroatoms. The molecule has 0 saturated carbocycles. The summed E-state index contributed by atoms with van der Waals surface area (Å²) in [6, 6.07) is 3.84. The lowest BCUT2D eigenvalue weighted by Crippen LogP contribution is -2.17. The lowest BCUT2D eigenvalue weighted by molar-refractivity contribution is -0.137. The highest BCUT2D eigenvalue weighted by molar-refractivity contribution is 9.10. The Morgan fingerprint density at radius 3 is 2.39 bits per heavy atom. The van der Waals surface area contributed by atoms with E-state index in [9.17, 15) is 18.0 Å². The highest BCUT2D eigenvalue weighted by atomic mass is 79.9. The van der Waals surface area contributed by atoms with Gasteiger partial charge in [-0.25, -0.2) is 13.2 Å². The van der Waals surface area contributed by atoms with Crippen LogP contribution in [-0.2, 0) is 19.4 Å². The van der Waals surface area contributed by atoms with E-state index in [0.717, 1.165) is 6.26 Å². The molecule has 0 saturated heterocycles. The van der Waals surface area contributed by atoms with E-state index in [1.54, 1.807) is 6.92 Å². The maximum Gasteiger partial charge on any atom is 0.379 e. The average Bonchev–Trinajstić information content (AvgIpc) is 2.26. The van der Waals surface area contributed by atoms with Crippen LogP contribution in [0.5, 0.6) is 0 Å². The number of ether oxygens (including phenoxy) is 1. The topological polar surface area (TPSA) is 77.5 Å². The number of hydrogen-bond donors (Lipinski definition) is 0. The first-order valence-electron chi connectivity index (χ1n) is 4.98. The molecule has 5 nitrogen and oxygen atoms in total. The molecule has 0 fully saturated rings. The summed E-state index contributed by atoms with van der Waals surface area (Å²) in [4.78, 5) is 22.9. The summed E-state index contributed by atoms with van der Waals surface area (Å²) < 4.78 is 27.5. The van der Waals surface area contributed by atoms with Crippen molar-refractivity contribution in [2.45, 2.75) is 11.8 Å². The fourth-order valence-corrected chi connectivity index (χ4v) is 3.25. The van der Waals surface area contributed by atoms with Gasteiger partial charge in [-0.3, -0.25) is 4.79 Å². The van der Waals surface area contributed by atoms with Crippen LogP contribution in [0.3, 0.4) is 0 Å². The Bertz CT molecular complexity index is 591. The molecule has 0 bridgehead atoms. The van der Waals surface area contributed by atoms with Crippen molar-refractivity contribution in [3.8, 4) is 0 Å². The van der Waals surface area contributed by atoms with Gasteiger partial charge < -0.3 is 4.74 Å². The lowest BCUT2D eigenvalue weighted by Gasteiger charge is -2.05. The summed E-state index contributed by atoms with van der Waals surface area (Å²) in [5, 5.41) is 0. The zero-order valence-corrected chi connectivity index (χ0v) is 12.2. The number of sulfone groups is 1. The molecule has 1 rings (SSSR count). The zero-order valence-electron chi connectivity index (χ0n) is 9.77. The van der Waals surface area contributed by atoms with Crippen molar-refractivity contribution >= 4 is 37.5 Å². The quantitative estimate of drug-likeness (QED) is 0.474. The molecule has 0 unspecified atom stereocenters. The van der Waals surface area contributed by atoms with Crippen LogP contribution in [0.4, 0.5) is 0 Å². The Kier molecular flexibility index (Phi) is 4.64. The van der Waals surface area contributed by atoms with E-state index < -0.39 is 21.6 Å². The van der Waals surface area contributed by atoms with Gasteiger partial charge in [0.05, 0.1) is 11.5 Å². The predicted molar refractivity (Wildman–Crippen MR) is 68.2 cm³/mol. The largest absolute Gasteiger partial charge is 0.460 e. The van der Waals surface area contributed by atoms with Crippen molar-refractivity contribution in [3.05, 3.63) is 28.2 Å². The summed E-state index contributed by atoms with van der Waals surface area (Å²) in [5.41, 5.74) is 0.0766. The van der Waals surface area contributed by atoms with E-state index in [-0.39, 0.29) is 21.5 Å². The second-order valence-corrected chi connectivity index (χ2v) is 6.31. The zero-order chi connectivity index (χ0) is 13.9. The third-order valence-electron chi connectivity index (χ3n) is 2.05. The summed E-state index contributed by atoms with van der Waals surface area (Å²) in [5.74, 6) is -1.77.